The lowest BCUT2D eigenvalue weighted by Crippen LogP contribution is -2.48. The Balaban J connectivity index is 1.55. The van der Waals surface area contributed by atoms with E-state index in [2.05, 4.69) is 58.1 Å². The first kappa shape index (κ1) is 23.2. The summed E-state index contributed by atoms with van der Waals surface area (Å²) in [5.41, 5.74) is 1.45. The van der Waals surface area contributed by atoms with Crippen LogP contribution in [0, 0.1) is 12.8 Å². The molecule has 1 fully saturated rings. The third kappa shape index (κ3) is 5.68. The molecule has 4 rings (SSSR count). The minimum Gasteiger partial charge on any atom is -0.493 e. The van der Waals surface area contributed by atoms with Gasteiger partial charge < -0.3 is 14.5 Å². The van der Waals surface area contributed by atoms with Gasteiger partial charge in [0.1, 0.15) is 17.1 Å². The zero-order valence-corrected chi connectivity index (χ0v) is 20.0. The van der Waals surface area contributed by atoms with Crippen molar-refractivity contribution in [1.82, 2.24) is 25.1 Å². The Labute approximate surface area is 196 Å². The van der Waals surface area contributed by atoms with Crippen LogP contribution in [0.4, 0.5) is 0 Å². The Morgan fingerprint density at radius 3 is 2.42 bits per heavy atom. The van der Waals surface area contributed by atoms with Gasteiger partial charge in [-0.15, -0.1) is 0 Å². The molecule has 1 N–H and O–H groups in total. The number of hydrogen-bond acceptors (Lipinski definition) is 7. The smallest absolute Gasteiger partial charge is 0.254 e. The highest BCUT2D eigenvalue weighted by Crippen LogP contribution is 2.30. The Morgan fingerprint density at radius 2 is 1.79 bits per heavy atom. The topological polar surface area (TPSA) is 83.0 Å². The number of aliphatic imine (C=N–C) groups is 1. The van der Waals surface area contributed by atoms with Gasteiger partial charge in [-0.2, -0.15) is 0 Å². The number of amides is 1. The van der Waals surface area contributed by atoms with E-state index in [1.54, 1.807) is 0 Å². The van der Waals surface area contributed by atoms with E-state index in [1.165, 1.54) is 0 Å². The third-order valence-corrected chi connectivity index (χ3v) is 6.13. The molecule has 1 aromatic heterocycles. The van der Waals surface area contributed by atoms with E-state index in [9.17, 15) is 4.79 Å². The Bertz CT molecular complexity index is 979. The van der Waals surface area contributed by atoms with Crippen LogP contribution in [0.3, 0.4) is 0 Å². The number of hydrogen-bond donors (Lipinski definition) is 1. The van der Waals surface area contributed by atoms with Crippen LogP contribution in [-0.4, -0.2) is 63.9 Å². The molecule has 2 aliphatic heterocycles. The van der Waals surface area contributed by atoms with Crippen molar-refractivity contribution in [1.29, 1.82) is 0 Å². The summed E-state index contributed by atoms with van der Waals surface area (Å²) in [5, 5.41) is 3.06. The fraction of sp³-hybridized carbons (Fsp3) is 0.520. The van der Waals surface area contributed by atoms with Crippen molar-refractivity contribution in [2.45, 2.75) is 52.2 Å². The molecule has 0 atom stereocenters. The summed E-state index contributed by atoms with van der Waals surface area (Å²) in [4.78, 5) is 31.2. The standard InChI is InChI=1S/C25H34N6O2/c1-18(2)17-33-21-7-5-20(6-8-21)15-31(16-22-26-13-19(3)14-27-22)24-28-23(32)25(29-24)9-11-30(4)12-10-25/h5-8,13-14,18H,9-12,15-17H2,1-4H3,(H,28,29,32). The maximum atomic E-state index is 13.0. The van der Waals surface area contributed by atoms with Gasteiger partial charge in [-0.1, -0.05) is 26.0 Å². The van der Waals surface area contributed by atoms with Crippen molar-refractivity contribution in [2.24, 2.45) is 10.9 Å². The highest BCUT2D eigenvalue weighted by Gasteiger charge is 2.46. The van der Waals surface area contributed by atoms with Crippen molar-refractivity contribution >= 4 is 11.9 Å². The van der Waals surface area contributed by atoms with Crippen LogP contribution in [0.1, 0.15) is 43.6 Å². The maximum absolute atomic E-state index is 13.0. The molecule has 0 radical (unpaired) electrons. The van der Waals surface area contributed by atoms with E-state index < -0.39 is 5.54 Å². The molecule has 3 heterocycles. The fourth-order valence-corrected chi connectivity index (χ4v) is 4.03. The van der Waals surface area contributed by atoms with Crippen LogP contribution >= 0.6 is 0 Å². The second-order valence-electron chi connectivity index (χ2n) is 9.61. The van der Waals surface area contributed by atoms with Crippen LogP contribution in [0.25, 0.3) is 0 Å². The molecule has 1 aromatic carbocycles. The summed E-state index contributed by atoms with van der Waals surface area (Å²) in [6.07, 6.45) is 5.09. The van der Waals surface area contributed by atoms with Crippen LogP contribution < -0.4 is 10.1 Å². The molecule has 176 valence electrons. The van der Waals surface area contributed by atoms with Crippen LogP contribution in [0.2, 0.25) is 0 Å². The quantitative estimate of drug-likeness (QED) is 0.699. The fourth-order valence-electron chi connectivity index (χ4n) is 4.03. The van der Waals surface area contributed by atoms with Gasteiger partial charge in [0.05, 0.1) is 13.2 Å². The molecular weight excluding hydrogens is 416 g/mol. The average molecular weight is 451 g/mol. The van der Waals surface area contributed by atoms with Gasteiger partial charge in [-0.25, -0.2) is 15.0 Å². The number of aromatic nitrogens is 2. The monoisotopic (exact) mass is 450 g/mol. The van der Waals surface area contributed by atoms with E-state index >= 15 is 0 Å². The van der Waals surface area contributed by atoms with Crippen molar-refractivity contribution in [2.75, 3.05) is 26.7 Å². The van der Waals surface area contributed by atoms with Gasteiger partial charge in [-0.05, 0) is 56.0 Å². The van der Waals surface area contributed by atoms with Gasteiger partial charge >= 0.3 is 0 Å². The van der Waals surface area contributed by atoms with Crippen LogP contribution in [0.5, 0.6) is 5.75 Å². The predicted molar refractivity (Wildman–Crippen MR) is 128 cm³/mol. The molecule has 0 bridgehead atoms. The molecule has 8 nitrogen and oxygen atoms in total. The first-order chi connectivity index (χ1) is 15.8. The maximum Gasteiger partial charge on any atom is 0.254 e. The van der Waals surface area contributed by atoms with Gasteiger partial charge in [0.25, 0.3) is 5.91 Å². The first-order valence-corrected chi connectivity index (χ1v) is 11.7. The highest BCUT2D eigenvalue weighted by molar-refractivity contribution is 6.07. The molecule has 0 aliphatic carbocycles. The van der Waals surface area contributed by atoms with Gasteiger partial charge in [0, 0.05) is 32.0 Å². The number of likely N-dealkylation sites (tertiary alicyclic amines) is 1. The van der Waals surface area contributed by atoms with E-state index in [-0.39, 0.29) is 5.91 Å². The van der Waals surface area contributed by atoms with Gasteiger partial charge in [0.2, 0.25) is 5.96 Å². The number of piperidine rings is 1. The minimum absolute atomic E-state index is 0.00198. The molecule has 0 unspecified atom stereocenters. The summed E-state index contributed by atoms with van der Waals surface area (Å²) in [6, 6.07) is 8.10. The van der Waals surface area contributed by atoms with E-state index in [1.807, 2.05) is 31.5 Å². The van der Waals surface area contributed by atoms with Crippen molar-refractivity contribution in [3.05, 3.63) is 53.6 Å². The average Bonchev–Trinajstić information content (AvgIpc) is 3.12. The van der Waals surface area contributed by atoms with Gasteiger partial charge in [-0.3, -0.25) is 10.1 Å². The molecular formula is C25H34N6O2. The Hall–Kier alpha value is -3.00. The summed E-state index contributed by atoms with van der Waals surface area (Å²) < 4.78 is 5.81. The Kier molecular flexibility index (Phi) is 6.93. The third-order valence-electron chi connectivity index (χ3n) is 6.13. The molecule has 2 aromatic rings. The zero-order chi connectivity index (χ0) is 23.4. The lowest BCUT2D eigenvalue weighted by molar-refractivity contribution is -0.125. The van der Waals surface area contributed by atoms with Gasteiger partial charge in [0.15, 0.2) is 0 Å². The SMILES string of the molecule is Cc1cnc(CN(Cc2ccc(OCC(C)C)cc2)C2=NC3(CCN(C)CC3)C(=O)N2)nc1. The molecule has 1 spiro atoms. The lowest BCUT2D eigenvalue weighted by atomic mass is 9.88. The molecule has 1 saturated heterocycles. The first-order valence-electron chi connectivity index (χ1n) is 11.7. The van der Waals surface area contributed by atoms with Crippen molar-refractivity contribution in [3.8, 4) is 5.75 Å². The van der Waals surface area contributed by atoms with Crippen molar-refractivity contribution in [3.63, 3.8) is 0 Å². The number of nitrogens with zero attached hydrogens (tertiary/aromatic N) is 5. The number of benzene rings is 1. The number of ether oxygens (including phenoxy) is 1. The molecule has 33 heavy (non-hydrogen) atoms. The Morgan fingerprint density at radius 1 is 1.12 bits per heavy atom. The largest absolute Gasteiger partial charge is 0.493 e. The minimum atomic E-state index is -0.664. The summed E-state index contributed by atoms with van der Waals surface area (Å²) in [5.74, 6) is 2.63. The number of rotatable bonds is 7. The molecule has 1 amide bonds. The number of carbonyl (C=O) groups excluding carboxylic acids is 1. The summed E-state index contributed by atoms with van der Waals surface area (Å²) >= 11 is 0. The summed E-state index contributed by atoms with van der Waals surface area (Å²) in [7, 11) is 2.08. The normalized spacial score (nSPS) is 17.8. The zero-order valence-electron chi connectivity index (χ0n) is 20.0. The van der Waals surface area contributed by atoms with E-state index in [0.717, 1.165) is 42.8 Å². The lowest BCUT2D eigenvalue weighted by Gasteiger charge is -2.33. The number of aryl methyl sites for hydroxylation is 1. The molecule has 8 heteroatoms. The second kappa shape index (κ2) is 9.87. The summed E-state index contributed by atoms with van der Waals surface area (Å²) in [6.45, 7) is 9.69. The van der Waals surface area contributed by atoms with Crippen molar-refractivity contribution < 1.29 is 9.53 Å². The van der Waals surface area contributed by atoms with Crippen LogP contribution in [0.15, 0.2) is 41.7 Å². The van der Waals surface area contributed by atoms with E-state index in [0.29, 0.717) is 37.4 Å². The molecule has 0 saturated carbocycles. The highest BCUT2D eigenvalue weighted by atomic mass is 16.5. The predicted octanol–water partition coefficient (Wildman–Crippen LogP) is 2.77. The number of carbonyl (C=O) groups is 1. The van der Waals surface area contributed by atoms with Crippen LogP contribution in [-0.2, 0) is 17.9 Å². The number of nitrogens with one attached hydrogen (secondary N) is 1. The second-order valence-corrected chi connectivity index (χ2v) is 9.61. The van der Waals surface area contributed by atoms with E-state index in [4.69, 9.17) is 9.73 Å². The number of guanidine groups is 1. The molecule has 2 aliphatic rings.